The van der Waals surface area contributed by atoms with E-state index in [0.717, 1.165) is 19.5 Å². The van der Waals surface area contributed by atoms with Gasteiger partial charge in [0.15, 0.2) is 0 Å². The average Bonchev–Trinajstić information content (AvgIpc) is 2.41. The van der Waals surface area contributed by atoms with Gasteiger partial charge in [0.2, 0.25) is 0 Å². The van der Waals surface area contributed by atoms with E-state index in [1.54, 1.807) is 0 Å². The van der Waals surface area contributed by atoms with E-state index in [0.29, 0.717) is 11.5 Å². The number of amides is 1. The second-order valence-corrected chi connectivity index (χ2v) is 4.85. The van der Waals surface area contributed by atoms with E-state index in [2.05, 4.69) is 17.6 Å². The number of rotatable bonds is 3. The predicted molar refractivity (Wildman–Crippen MR) is 78.2 cm³/mol. The fourth-order valence-electron chi connectivity index (χ4n) is 2.21. The number of nitrogens with one attached hydrogen (secondary N) is 2. The number of halogens is 1. The van der Waals surface area contributed by atoms with Crippen LogP contribution in [0.3, 0.4) is 0 Å². The maximum Gasteiger partial charge on any atom is 0.269 e. The number of carbonyl (C=O) groups is 1. The van der Waals surface area contributed by atoms with Crippen molar-refractivity contribution in [3.05, 3.63) is 39.9 Å². The van der Waals surface area contributed by atoms with Crippen LogP contribution < -0.4 is 10.6 Å². The Kier molecular flexibility index (Phi) is 5.91. The molecule has 1 saturated heterocycles. The van der Waals surface area contributed by atoms with E-state index >= 15 is 0 Å². The van der Waals surface area contributed by atoms with Gasteiger partial charge in [-0.1, -0.05) is 6.92 Å². The van der Waals surface area contributed by atoms with Crippen LogP contribution in [0.4, 0.5) is 5.69 Å². The molecule has 0 radical (unpaired) electrons. The number of non-ortho nitro benzene ring substituents is 1. The molecule has 6 nitrogen and oxygen atoms in total. The number of hydrogen-bond acceptors (Lipinski definition) is 4. The Morgan fingerprint density at radius 1 is 1.40 bits per heavy atom. The van der Waals surface area contributed by atoms with Crippen molar-refractivity contribution in [2.75, 3.05) is 13.1 Å². The standard InChI is InChI=1S/C13H17N3O3.ClH/c1-9-8-14-7-6-12(9)15-13(17)10-2-4-11(5-3-10)16(18)19;/h2-5,9,12,14H,6-8H2,1H3,(H,15,17);1H. The number of nitrogens with zero attached hydrogens (tertiary/aromatic N) is 1. The van der Waals surface area contributed by atoms with E-state index in [-0.39, 0.29) is 30.0 Å². The lowest BCUT2D eigenvalue weighted by molar-refractivity contribution is -0.384. The SMILES string of the molecule is CC1CNCCC1NC(=O)c1ccc([N+](=O)[O-])cc1.Cl. The van der Waals surface area contributed by atoms with Gasteiger partial charge in [0.25, 0.3) is 11.6 Å². The fraction of sp³-hybridized carbons (Fsp3) is 0.462. The molecule has 2 N–H and O–H groups in total. The zero-order chi connectivity index (χ0) is 13.8. The number of carbonyl (C=O) groups excluding carboxylic acids is 1. The molecule has 2 unspecified atom stereocenters. The highest BCUT2D eigenvalue weighted by Gasteiger charge is 2.23. The van der Waals surface area contributed by atoms with E-state index in [4.69, 9.17) is 0 Å². The quantitative estimate of drug-likeness (QED) is 0.658. The summed E-state index contributed by atoms with van der Waals surface area (Å²) in [6.07, 6.45) is 0.903. The van der Waals surface area contributed by atoms with Gasteiger partial charge in [0.1, 0.15) is 0 Å². The monoisotopic (exact) mass is 299 g/mol. The highest BCUT2D eigenvalue weighted by Crippen LogP contribution is 2.14. The van der Waals surface area contributed by atoms with Crippen LogP contribution in [0.25, 0.3) is 0 Å². The van der Waals surface area contributed by atoms with Crippen molar-refractivity contribution in [2.24, 2.45) is 5.92 Å². The Bertz CT molecular complexity index is 478. The van der Waals surface area contributed by atoms with Crippen LogP contribution in [-0.4, -0.2) is 30.0 Å². The molecule has 2 rings (SSSR count). The van der Waals surface area contributed by atoms with Gasteiger partial charge >= 0.3 is 0 Å². The molecule has 0 spiro atoms. The van der Waals surface area contributed by atoms with Gasteiger partial charge in [-0.05, 0) is 37.6 Å². The van der Waals surface area contributed by atoms with Crippen LogP contribution in [0.1, 0.15) is 23.7 Å². The molecule has 1 heterocycles. The Balaban J connectivity index is 0.00000200. The molecule has 20 heavy (non-hydrogen) atoms. The van der Waals surface area contributed by atoms with Crippen LogP contribution in [0, 0.1) is 16.0 Å². The van der Waals surface area contributed by atoms with Crippen molar-refractivity contribution >= 4 is 24.0 Å². The molecule has 1 aliphatic rings. The Morgan fingerprint density at radius 2 is 2.05 bits per heavy atom. The molecule has 2 atom stereocenters. The second kappa shape index (κ2) is 7.21. The summed E-state index contributed by atoms with van der Waals surface area (Å²) >= 11 is 0. The molecule has 1 aliphatic heterocycles. The molecule has 7 heteroatoms. The topological polar surface area (TPSA) is 84.3 Å². The third-order valence-corrected chi connectivity index (χ3v) is 3.44. The third-order valence-electron chi connectivity index (χ3n) is 3.44. The second-order valence-electron chi connectivity index (χ2n) is 4.85. The zero-order valence-electron chi connectivity index (χ0n) is 11.2. The van der Waals surface area contributed by atoms with Crippen molar-refractivity contribution < 1.29 is 9.72 Å². The Morgan fingerprint density at radius 3 is 2.60 bits per heavy atom. The summed E-state index contributed by atoms with van der Waals surface area (Å²) in [5.74, 6) is 0.212. The number of nitro groups is 1. The minimum atomic E-state index is -0.476. The smallest absolute Gasteiger partial charge is 0.269 e. The van der Waals surface area contributed by atoms with E-state index in [1.807, 2.05) is 0 Å². The molecule has 0 aliphatic carbocycles. The number of hydrogen-bond donors (Lipinski definition) is 2. The van der Waals surface area contributed by atoms with E-state index in [9.17, 15) is 14.9 Å². The van der Waals surface area contributed by atoms with Gasteiger partial charge in [0.05, 0.1) is 4.92 Å². The van der Waals surface area contributed by atoms with Crippen LogP contribution in [0.2, 0.25) is 0 Å². The summed E-state index contributed by atoms with van der Waals surface area (Å²) in [5.41, 5.74) is 0.447. The molecule has 1 aromatic rings. The molecule has 0 aromatic heterocycles. The Labute approximate surface area is 123 Å². The average molecular weight is 300 g/mol. The van der Waals surface area contributed by atoms with Crippen molar-refractivity contribution in [1.82, 2.24) is 10.6 Å². The lowest BCUT2D eigenvalue weighted by Crippen LogP contribution is -2.48. The van der Waals surface area contributed by atoms with Gasteiger partial charge in [-0.15, -0.1) is 12.4 Å². The largest absolute Gasteiger partial charge is 0.349 e. The van der Waals surface area contributed by atoms with Crippen molar-refractivity contribution in [1.29, 1.82) is 0 Å². The maximum atomic E-state index is 12.0. The summed E-state index contributed by atoms with van der Waals surface area (Å²) in [5, 5.41) is 16.8. The zero-order valence-corrected chi connectivity index (χ0v) is 12.0. The van der Waals surface area contributed by atoms with Crippen LogP contribution in [-0.2, 0) is 0 Å². The van der Waals surface area contributed by atoms with E-state index < -0.39 is 4.92 Å². The summed E-state index contributed by atoms with van der Waals surface area (Å²) < 4.78 is 0. The van der Waals surface area contributed by atoms with Gasteiger partial charge in [-0.25, -0.2) is 0 Å². The molecule has 1 fully saturated rings. The summed E-state index contributed by atoms with van der Waals surface area (Å²) in [4.78, 5) is 22.1. The first-order valence-corrected chi connectivity index (χ1v) is 6.34. The summed E-state index contributed by atoms with van der Waals surface area (Å²) in [7, 11) is 0. The molecule has 0 bridgehead atoms. The summed E-state index contributed by atoms with van der Waals surface area (Å²) in [6.45, 7) is 3.88. The molecule has 1 amide bonds. The third kappa shape index (κ3) is 3.91. The van der Waals surface area contributed by atoms with Crippen LogP contribution in [0.5, 0.6) is 0 Å². The number of benzene rings is 1. The molecule has 1 aromatic carbocycles. The van der Waals surface area contributed by atoms with Crippen molar-refractivity contribution in [3.63, 3.8) is 0 Å². The van der Waals surface area contributed by atoms with Gasteiger partial charge in [-0.3, -0.25) is 14.9 Å². The first kappa shape index (κ1) is 16.4. The normalized spacial score (nSPS) is 21.6. The minimum Gasteiger partial charge on any atom is -0.349 e. The van der Waals surface area contributed by atoms with Gasteiger partial charge in [0, 0.05) is 23.7 Å². The van der Waals surface area contributed by atoms with E-state index in [1.165, 1.54) is 24.3 Å². The molecule has 110 valence electrons. The molecule has 0 saturated carbocycles. The Hall–Kier alpha value is -1.66. The predicted octanol–water partition coefficient (Wildman–Crippen LogP) is 1.74. The van der Waals surface area contributed by atoms with Gasteiger partial charge in [-0.2, -0.15) is 0 Å². The lowest BCUT2D eigenvalue weighted by atomic mass is 9.95. The van der Waals surface area contributed by atoms with Crippen molar-refractivity contribution in [2.45, 2.75) is 19.4 Å². The lowest BCUT2D eigenvalue weighted by Gasteiger charge is -2.30. The molecular formula is C13H18ClN3O3. The number of piperidine rings is 1. The fourth-order valence-corrected chi connectivity index (χ4v) is 2.21. The summed E-state index contributed by atoms with van der Waals surface area (Å²) in [6, 6.07) is 5.82. The first-order chi connectivity index (χ1) is 9.08. The minimum absolute atomic E-state index is 0. The molecular weight excluding hydrogens is 282 g/mol. The van der Waals surface area contributed by atoms with Crippen LogP contribution >= 0.6 is 12.4 Å². The number of nitro benzene ring substituents is 1. The van der Waals surface area contributed by atoms with Gasteiger partial charge < -0.3 is 10.6 Å². The first-order valence-electron chi connectivity index (χ1n) is 6.34. The highest BCUT2D eigenvalue weighted by atomic mass is 35.5. The highest BCUT2D eigenvalue weighted by molar-refractivity contribution is 5.94. The van der Waals surface area contributed by atoms with Crippen molar-refractivity contribution in [3.8, 4) is 0 Å². The maximum absolute atomic E-state index is 12.0. The van der Waals surface area contributed by atoms with Crippen LogP contribution in [0.15, 0.2) is 24.3 Å².